The number of nitrogens with zero attached hydrogens (tertiary/aromatic N) is 1. The Kier molecular flexibility index (Phi) is 4.19. The van der Waals surface area contributed by atoms with Crippen molar-refractivity contribution in [3.63, 3.8) is 0 Å². The van der Waals surface area contributed by atoms with E-state index < -0.39 is 10.0 Å². The minimum atomic E-state index is -3.49. The van der Waals surface area contributed by atoms with E-state index in [1.54, 1.807) is 48.5 Å². The number of esters is 1. The predicted octanol–water partition coefficient (Wildman–Crippen LogP) is 2.22. The van der Waals surface area contributed by atoms with Crippen molar-refractivity contribution < 1.29 is 17.9 Å². The maximum Gasteiger partial charge on any atom is 0.337 e. The lowest BCUT2D eigenvalue weighted by molar-refractivity contribution is 0.0600. The lowest BCUT2D eigenvalue weighted by atomic mass is 9.98. The van der Waals surface area contributed by atoms with Crippen LogP contribution >= 0.6 is 0 Å². The van der Waals surface area contributed by atoms with Gasteiger partial charge in [0.25, 0.3) is 0 Å². The van der Waals surface area contributed by atoms with Crippen molar-refractivity contribution in [3.05, 3.63) is 65.2 Å². The van der Waals surface area contributed by atoms with Gasteiger partial charge in [-0.3, -0.25) is 0 Å². The third-order valence-electron chi connectivity index (χ3n) is 3.99. The first-order valence-corrected chi connectivity index (χ1v) is 8.71. The average Bonchev–Trinajstić information content (AvgIpc) is 2.60. The summed E-state index contributed by atoms with van der Waals surface area (Å²) >= 11 is 0. The highest BCUT2D eigenvalue weighted by atomic mass is 32.2. The summed E-state index contributed by atoms with van der Waals surface area (Å²) in [7, 11) is -2.15. The zero-order chi connectivity index (χ0) is 16.4. The lowest BCUT2D eigenvalue weighted by Crippen LogP contribution is -2.36. The highest BCUT2D eigenvalue weighted by molar-refractivity contribution is 7.89. The van der Waals surface area contributed by atoms with Gasteiger partial charge in [-0.15, -0.1) is 0 Å². The van der Waals surface area contributed by atoms with Crippen molar-refractivity contribution in [1.29, 1.82) is 0 Å². The van der Waals surface area contributed by atoms with Crippen LogP contribution in [0.4, 0.5) is 0 Å². The van der Waals surface area contributed by atoms with Crippen LogP contribution in [-0.2, 0) is 27.7 Å². The number of rotatable bonds is 3. The van der Waals surface area contributed by atoms with Crippen molar-refractivity contribution >= 4 is 16.0 Å². The van der Waals surface area contributed by atoms with Gasteiger partial charge < -0.3 is 4.74 Å². The highest BCUT2D eigenvalue weighted by Crippen LogP contribution is 2.25. The molecular weight excluding hydrogens is 314 g/mol. The first-order chi connectivity index (χ1) is 11.0. The van der Waals surface area contributed by atoms with Gasteiger partial charge in [0.1, 0.15) is 0 Å². The minimum absolute atomic E-state index is 0.301. The van der Waals surface area contributed by atoms with Crippen LogP contribution in [-0.4, -0.2) is 32.3 Å². The van der Waals surface area contributed by atoms with E-state index in [9.17, 15) is 13.2 Å². The van der Waals surface area contributed by atoms with Crippen LogP contribution in [0, 0.1) is 0 Å². The molecule has 1 aliphatic rings. The molecule has 2 aromatic carbocycles. The van der Waals surface area contributed by atoms with Crippen LogP contribution in [0.5, 0.6) is 0 Å². The summed E-state index contributed by atoms with van der Waals surface area (Å²) in [5.41, 5.74) is 2.40. The predicted molar refractivity (Wildman–Crippen MR) is 85.5 cm³/mol. The van der Waals surface area contributed by atoms with Crippen LogP contribution in [0.1, 0.15) is 21.5 Å². The number of benzene rings is 2. The quantitative estimate of drug-likeness (QED) is 0.809. The molecule has 1 aliphatic heterocycles. The Balaban J connectivity index is 1.88. The summed E-state index contributed by atoms with van der Waals surface area (Å²) in [5, 5.41) is 0. The fraction of sp³-hybridized carbons (Fsp3) is 0.235. The molecule has 0 spiro atoms. The molecule has 23 heavy (non-hydrogen) atoms. The monoisotopic (exact) mass is 331 g/mol. The van der Waals surface area contributed by atoms with Gasteiger partial charge in [0.15, 0.2) is 0 Å². The van der Waals surface area contributed by atoms with Crippen LogP contribution in [0.3, 0.4) is 0 Å². The number of methoxy groups -OCH3 is 1. The van der Waals surface area contributed by atoms with E-state index in [0.29, 0.717) is 30.0 Å². The van der Waals surface area contributed by atoms with Crippen molar-refractivity contribution in [3.8, 4) is 0 Å². The number of carbonyl (C=O) groups is 1. The van der Waals surface area contributed by atoms with E-state index in [-0.39, 0.29) is 5.97 Å². The van der Waals surface area contributed by atoms with Crippen LogP contribution in [0.2, 0.25) is 0 Å². The molecule has 0 N–H and O–H groups in total. The Labute approximate surface area is 135 Å². The summed E-state index contributed by atoms with van der Waals surface area (Å²) in [6, 6.07) is 13.7. The maximum atomic E-state index is 12.7. The summed E-state index contributed by atoms with van der Waals surface area (Å²) in [4.78, 5) is 11.9. The molecule has 0 radical (unpaired) electrons. The Morgan fingerprint density at radius 1 is 1.09 bits per heavy atom. The molecule has 0 amide bonds. The molecule has 120 valence electrons. The van der Waals surface area contributed by atoms with Crippen molar-refractivity contribution in [1.82, 2.24) is 4.31 Å². The smallest absolute Gasteiger partial charge is 0.337 e. The minimum Gasteiger partial charge on any atom is -0.465 e. The van der Waals surface area contributed by atoms with Crippen LogP contribution < -0.4 is 0 Å². The number of carbonyl (C=O) groups excluding carboxylic acids is 1. The fourth-order valence-electron chi connectivity index (χ4n) is 2.72. The first-order valence-electron chi connectivity index (χ1n) is 7.27. The Hall–Kier alpha value is -2.18. The van der Waals surface area contributed by atoms with Crippen molar-refractivity contribution in [2.24, 2.45) is 0 Å². The third-order valence-corrected chi connectivity index (χ3v) is 5.84. The molecule has 0 fully saturated rings. The number of hydrogen-bond donors (Lipinski definition) is 0. The second-order valence-corrected chi connectivity index (χ2v) is 7.31. The molecule has 3 rings (SSSR count). The number of hydrogen-bond acceptors (Lipinski definition) is 4. The second-order valence-electron chi connectivity index (χ2n) is 5.38. The van der Waals surface area contributed by atoms with Crippen LogP contribution in [0.15, 0.2) is 53.4 Å². The van der Waals surface area contributed by atoms with E-state index in [0.717, 1.165) is 11.1 Å². The summed E-state index contributed by atoms with van der Waals surface area (Å²) < 4.78 is 31.5. The van der Waals surface area contributed by atoms with Gasteiger partial charge in [-0.05, 0) is 41.8 Å². The molecule has 0 aliphatic carbocycles. The van der Waals surface area contributed by atoms with E-state index in [1.807, 2.05) is 0 Å². The molecule has 2 aromatic rings. The molecule has 0 aromatic heterocycles. The van der Waals surface area contributed by atoms with Crippen LogP contribution in [0.25, 0.3) is 0 Å². The van der Waals surface area contributed by atoms with Gasteiger partial charge in [-0.1, -0.05) is 24.3 Å². The van der Waals surface area contributed by atoms with E-state index >= 15 is 0 Å². The van der Waals surface area contributed by atoms with Gasteiger partial charge in [0, 0.05) is 13.1 Å². The lowest BCUT2D eigenvalue weighted by Gasteiger charge is -2.28. The normalized spacial score (nSPS) is 15.0. The molecule has 5 nitrogen and oxygen atoms in total. The third kappa shape index (κ3) is 3.00. The molecule has 0 atom stereocenters. The summed E-state index contributed by atoms with van der Waals surface area (Å²) in [6.45, 7) is 0.711. The molecule has 0 saturated heterocycles. The summed E-state index contributed by atoms with van der Waals surface area (Å²) in [5.74, 6) is -0.382. The van der Waals surface area contributed by atoms with E-state index in [2.05, 4.69) is 0 Å². The van der Waals surface area contributed by atoms with Gasteiger partial charge in [0.05, 0.1) is 17.6 Å². The maximum absolute atomic E-state index is 12.7. The van der Waals surface area contributed by atoms with Gasteiger partial charge in [0.2, 0.25) is 10.0 Å². The topological polar surface area (TPSA) is 63.7 Å². The molecular formula is C17H17NO4S. The van der Waals surface area contributed by atoms with Gasteiger partial charge >= 0.3 is 5.97 Å². The SMILES string of the molecule is COC(=O)c1ccc2c(c1)CCN(S(=O)(=O)c1ccccc1)C2. The zero-order valence-corrected chi connectivity index (χ0v) is 13.5. The number of sulfonamides is 1. The fourth-order valence-corrected chi connectivity index (χ4v) is 4.16. The van der Waals surface area contributed by atoms with E-state index in [1.165, 1.54) is 11.4 Å². The molecule has 0 unspecified atom stereocenters. The molecule has 6 heteroatoms. The van der Waals surface area contributed by atoms with Crippen molar-refractivity contribution in [2.75, 3.05) is 13.7 Å². The second kappa shape index (κ2) is 6.14. The number of fused-ring (bicyclic) bond motifs is 1. The number of ether oxygens (including phenoxy) is 1. The average molecular weight is 331 g/mol. The highest BCUT2D eigenvalue weighted by Gasteiger charge is 2.28. The van der Waals surface area contributed by atoms with Gasteiger partial charge in [-0.25, -0.2) is 13.2 Å². The van der Waals surface area contributed by atoms with Crippen molar-refractivity contribution in [2.45, 2.75) is 17.9 Å². The molecule has 0 bridgehead atoms. The zero-order valence-electron chi connectivity index (χ0n) is 12.7. The molecule has 1 heterocycles. The van der Waals surface area contributed by atoms with E-state index in [4.69, 9.17) is 4.74 Å². The molecule has 0 saturated carbocycles. The largest absolute Gasteiger partial charge is 0.465 e. The Morgan fingerprint density at radius 2 is 1.83 bits per heavy atom. The van der Waals surface area contributed by atoms with Gasteiger partial charge in [-0.2, -0.15) is 4.31 Å². The Morgan fingerprint density at radius 3 is 2.52 bits per heavy atom. The Bertz CT molecular complexity index is 831. The summed E-state index contributed by atoms with van der Waals surface area (Å²) in [6.07, 6.45) is 0.576. The standard InChI is InChI=1S/C17H17NO4S/c1-22-17(19)14-7-8-15-12-18(10-9-13(15)11-14)23(20,21)16-5-3-2-4-6-16/h2-8,11H,9-10,12H2,1H3. The first kappa shape index (κ1) is 15.7.